The van der Waals surface area contributed by atoms with Gasteiger partial charge in [-0.25, -0.2) is 4.98 Å². The van der Waals surface area contributed by atoms with Gasteiger partial charge in [0.05, 0.1) is 18.2 Å². The molecule has 0 bridgehead atoms. The van der Waals surface area contributed by atoms with E-state index in [0.29, 0.717) is 0 Å². The zero-order chi connectivity index (χ0) is 13.2. The van der Waals surface area contributed by atoms with Crippen LogP contribution < -0.4 is 0 Å². The second-order valence-corrected chi connectivity index (χ2v) is 4.54. The van der Waals surface area contributed by atoms with Crippen LogP contribution in [-0.4, -0.2) is 19.3 Å². The van der Waals surface area contributed by atoms with E-state index in [0.717, 1.165) is 23.5 Å². The van der Waals surface area contributed by atoms with Crippen molar-refractivity contribution >= 4 is 0 Å². The highest BCUT2D eigenvalue weighted by Gasteiger charge is 2.09. The summed E-state index contributed by atoms with van der Waals surface area (Å²) in [6, 6.07) is 10.5. The fourth-order valence-corrected chi connectivity index (χ4v) is 2.13. The summed E-state index contributed by atoms with van der Waals surface area (Å²) in [4.78, 5) is 4.24. The SMILES string of the molecule is CCc1ccc(-n2cncc2-c2ccn(C)n2)cc1. The van der Waals surface area contributed by atoms with Crippen molar-refractivity contribution in [2.75, 3.05) is 0 Å². The van der Waals surface area contributed by atoms with Gasteiger partial charge >= 0.3 is 0 Å². The normalized spacial score (nSPS) is 10.8. The highest BCUT2D eigenvalue weighted by molar-refractivity contribution is 5.57. The molecule has 1 aromatic carbocycles. The van der Waals surface area contributed by atoms with Gasteiger partial charge in [-0.15, -0.1) is 0 Å². The minimum atomic E-state index is 0.930. The van der Waals surface area contributed by atoms with Crippen LogP contribution in [0, 0.1) is 0 Å². The molecular formula is C15H16N4. The van der Waals surface area contributed by atoms with Crippen molar-refractivity contribution in [1.29, 1.82) is 0 Å². The first kappa shape index (κ1) is 11.7. The minimum Gasteiger partial charge on any atom is -0.297 e. The molecule has 0 unspecified atom stereocenters. The number of rotatable bonds is 3. The Kier molecular flexibility index (Phi) is 2.91. The first-order chi connectivity index (χ1) is 9.28. The van der Waals surface area contributed by atoms with E-state index in [1.165, 1.54) is 5.56 Å². The molecule has 3 rings (SSSR count). The molecule has 0 saturated carbocycles. The third-order valence-electron chi connectivity index (χ3n) is 3.24. The fraction of sp³-hybridized carbons (Fsp3) is 0.200. The first-order valence-corrected chi connectivity index (χ1v) is 6.39. The Morgan fingerprint density at radius 3 is 2.53 bits per heavy atom. The third-order valence-corrected chi connectivity index (χ3v) is 3.24. The van der Waals surface area contributed by atoms with Crippen molar-refractivity contribution < 1.29 is 0 Å². The van der Waals surface area contributed by atoms with Crippen molar-refractivity contribution in [1.82, 2.24) is 19.3 Å². The van der Waals surface area contributed by atoms with Crippen molar-refractivity contribution in [2.45, 2.75) is 13.3 Å². The molecule has 4 heteroatoms. The molecule has 0 atom stereocenters. The third kappa shape index (κ3) is 2.17. The zero-order valence-electron chi connectivity index (χ0n) is 11.1. The molecule has 0 aliphatic heterocycles. The van der Waals surface area contributed by atoms with E-state index in [4.69, 9.17) is 0 Å². The van der Waals surface area contributed by atoms with Gasteiger partial charge in [0.1, 0.15) is 5.69 Å². The van der Waals surface area contributed by atoms with Crippen molar-refractivity contribution in [3.05, 3.63) is 54.6 Å². The number of aromatic nitrogens is 4. The van der Waals surface area contributed by atoms with Crippen LogP contribution in [0.1, 0.15) is 12.5 Å². The molecule has 0 fully saturated rings. The summed E-state index contributed by atoms with van der Waals surface area (Å²) in [6.07, 6.45) is 6.66. The number of hydrogen-bond acceptors (Lipinski definition) is 2. The number of aryl methyl sites for hydroxylation is 2. The van der Waals surface area contributed by atoms with Gasteiger partial charge in [0, 0.05) is 18.9 Å². The molecule has 0 amide bonds. The van der Waals surface area contributed by atoms with E-state index in [1.54, 1.807) is 4.68 Å². The maximum absolute atomic E-state index is 4.43. The Labute approximate surface area is 112 Å². The van der Waals surface area contributed by atoms with E-state index < -0.39 is 0 Å². The highest BCUT2D eigenvalue weighted by atomic mass is 15.3. The van der Waals surface area contributed by atoms with Gasteiger partial charge in [-0.05, 0) is 30.2 Å². The van der Waals surface area contributed by atoms with Crippen LogP contribution in [0.2, 0.25) is 0 Å². The fourth-order valence-electron chi connectivity index (χ4n) is 2.13. The summed E-state index contributed by atoms with van der Waals surface area (Å²) < 4.78 is 3.86. The van der Waals surface area contributed by atoms with Gasteiger partial charge in [0.15, 0.2) is 0 Å². The molecule has 0 spiro atoms. The molecule has 19 heavy (non-hydrogen) atoms. The predicted octanol–water partition coefficient (Wildman–Crippen LogP) is 2.84. The van der Waals surface area contributed by atoms with Gasteiger partial charge in [-0.3, -0.25) is 9.25 Å². The average molecular weight is 252 g/mol. The molecule has 2 heterocycles. The lowest BCUT2D eigenvalue weighted by Gasteiger charge is -2.07. The maximum atomic E-state index is 4.43. The van der Waals surface area contributed by atoms with Crippen LogP contribution in [0.25, 0.3) is 17.1 Å². The van der Waals surface area contributed by atoms with Crippen molar-refractivity contribution in [2.24, 2.45) is 7.05 Å². The molecule has 0 radical (unpaired) electrons. The van der Waals surface area contributed by atoms with E-state index in [2.05, 4.69) is 45.8 Å². The molecular weight excluding hydrogens is 236 g/mol. The molecule has 2 aromatic heterocycles. The lowest BCUT2D eigenvalue weighted by atomic mass is 10.1. The molecule has 96 valence electrons. The summed E-state index contributed by atoms with van der Waals surface area (Å²) >= 11 is 0. The summed E-state index contributed by atoms with van der Waals surface area (Å²) in [5.74, 6) is 0. The van der Waals surface area contributed by atoms with Gasteiger partial charge in [0.25, 0.3) is 0 Å². The number of benzene rings is 1. The zero-order valence-corrected chi connectivity index (χ0v) is 11.1. The average Bonchev–Trinajstić information content (AvgIpc) is 3.07. The number of imidazole rings is 1. The Bertz CT molecular complexity index is 676. The van der Waals surface area contributed by atoms with Crippen LogP contribution >= 0.6 is 0 Å². The summed E-state index contributed by atoms with van der Waals surface area (Å²) in [6.45, 7) is 2.16. The second kappa shape index (κ2) is 4.72. The van der Waals surface area contributed by atoms with E-state index in [1.807, 2.05) is 31.8 Å². The Balaban J connectivity index is 2.03. The largest absolute Gasteiger partial charge is 0.297 e. The Hall–Kier alpha value is -2.36. The Morgan fingerprint density at radius 1 is 1.11 bits per heavy atom. The van der Waals surface area contributed by atoms with Crippen molar-refractivity contribution in [3.8, 4) is 17.1 Å². The second-order valence-electron chi connectivity index (χ2n) is 4.54. The quantitative estimate of drug-likeness (QED) is 0.718. The molecule has 3 aromatic rings. The number of nitrogens with zero attached hydrogens (tertiary/aromatic N) is 4. The summed E-state index contributed by atoms with van der Waals surface area (Å²) in [7, 11) is 1.92. The monoisotopic (exact) mass is 252 g/mol. The van der Waals surface area contributed by atoms with E-state index in [9.17, 15) is 0 Å². The van der Waals surface area contributed by atoms with Gasteiger partial charge in [0.2, 0.25) is 0 Å². The lowest BCUT2D eigenvalue weighted by molar-refractivity contribution is 0.769. The van der Waals surface area contributed by atoms with Crippen LogP contribution in [0.3, 0.4) is 0 Å². The van der Waals surface area contributed by atoms with Gasteiger partial charge < -0.3 is 0 Å². The van der Waals surface area contributed by atoms with Crippen LogP contribution in [-0.2, 0) is 13.5 Å². The van der Waals surface area contributed by atoms with Gasteiger partial charge in [-0.2, -0.15) is 5.10 Å². The standard InChI is InChI=1S/C15H16N4/c1-3-12-4-6-13(7-5-12)19-11-16-10-15(19)14-8-9-18(2)17-14/h4-11H,3H2,1-2H3. The van der Waals surface area contributed by atoms with Crippen LogP contribution in [0.15, 0.2) is 49.1 Å². The Morgan fingerprint density at radius 2 is 1.89 bits per heavy atom. The summed E-state index contributed by atoms with van der Waals surface area (Å²) in [5.41, 5.74) is 4.38. The van der Waals surface area contributed by atoms with Gasteiger partial charge in [-0.1, -0.05) is 19.1 Å². The van der Waals surface area contributed by atoms with E-state index >= 15 is 0 Å². The molecule has 0 aliphatic carbocycles. The predicted molar refractivity (Wildman–Crippen MR) is 75.1 cm³/mol. The van der Waals surface area contributed by atoms with Crippen molar-refractivity contribution in [3.63, 3.8) is 0 Å². The maximum Gasteiger partial charge on any atom is 0.111 e. The van der Waals surface area contributed by atoms with E-state index in [-0.39, 0.29) is 0 Å². The topological polar surface area (TPSA) is 35.6 Å². The first-order valence-electron chi connectivity index (χ1n) is 6.39. The smallest absolute Gasteiger partial charge is 0.111 e. The molecule has 0 aliphatic rings. The number of hydrogen-bond donors (Lipinski definition) is 0. The van der Waals surface area contributed by atoms with Crippen LogP contribution in [0.5, 0.6) is 0 Å². The molecule has 4 nitrogen and oxygen atoms in total. The lowest BCUT2D eigenvalue weighted by Crippen LogP contribution is -1.96. The van der Waals surface area contributed by atoms with Crippen LogP contribution in [0.4, 0.5) is 0 Å². The molecule has 0 saturated heterocycles. The molecule has 0 N–H and O–H groups in total. The highest BCUT2D eigenvalue weighted by Crippen LogP contribution is 2.21. The minimum absolute atomic E-state index is 0.930. The summed E-state index contributed by atoms with van der Waals surface area (Å²) in [5, 5.41) is 4.43.